The summed E-state index contributed by atoms with van der Waals surface area (Å²) in [5.74, 6) is -0.0348. The van der Waals surface area contributed by atoms with E-state index in [2.05, 4.69) is 36.4 Å². The molecule has 10 nitrogen and oxygen atoms in total. The monoisotopic (exact) mass is 751 g/mol. The average molecular weight is 751 g/mol. The number of rotatable bonds is 29. The Bertz CT molecular complexity index is 1150. The summed E-state index contributed by atoms with van der Waals surface area (Å²) in [5.41, 5.74) is -1.49. The molecular weight excluding hydrogens is 668 g/mol. The van der Waals surface area contributed by atoms with Crippen LogP contribution in [-0.2, 0) is 14.3 Å². The highest BCUT2D eigenvalue weighted by atomic mass is 16.5. The van der Waals surface area contributed by atoms with Gasteiger partial charge in [-0.15, -0.1) is 0 Å². The molecular formula is C43H82N4O6. The van der Waals surface area contributed by atoms with E-state index in [-0.39, 0.29) is 23.5 Å². The lowest BCUT2D eigenvalue weighted by molar-refractivity contribution is -0.121. The van der Waals surface area contributed by atoms with Crippen LogP contribution >= 0.6 is 0 Å². The van der Waals surface area contributed by atoms with Crippen molar-refractivity contribution in [2.75, 3.05) is 26.8 Å². The predicted octanol–water partition coefficient (Wildman–Crippen LogP) is 9.85. The predicted molar refractivity (Wildman–Crippen MR) is 221 cm³/mol. The molecule has 1 saturated heterocycles. The number of ether oxygens (including phenoxy) is 2. The third-order valence-electron chi connectivity index (χ3n) is 9.96. The molecule has 0 aromatic carbocycles. The summed E-state index contributed by atoms with van der Waals surface area (Å²) in [6.45, 7) is 15.6. The van der Waals surface area contributed by atoms with Crippen LogP contribution in [0.1, 0.15) is 206 Å². The van der Waals surface area contributed by atoms with Crippen molar-refractivity contribution in [2.24, 2.45) is 11.8 Å². The van der Waals surface area contributed by atoms with Gasteiger partial charge in [-0.2, -0.15) is 0 Å². The fraction of sp³-hybridized carbons (Fsp3) is 0.860. The molecule has 3 unspecified atom stereocenters. The van der Waals surface area contributed by atoms with Crippen molar-refractivity contribution >= 4 is 11.8 Å². The molecule has 3 atom stereocenters. The highest BCUT2D eigenvalue weighted by Gasteiger charge is 2.38. The summed E-state index contributed by atoms with van der Waals surface area (Å²) in [7, 11) is 1.61. The molecule has 1 aliphatic rings. The number of carbonyl (C=O) groups excluding carboxylic acids is 2. The third-order valence-corrected chi connectivity index (χ3v) is 9.96. The van der Waals surface area contributed by atoms with Gasteiger partial charge in [-0.1, -0.05) is 164 Å². The van der Waals surface area contributed by atoms with E-state index in [1.54, 1.807) is 7.11 Å². The van der Waals surface area contributed by atoms with Gasteiger partial charge in [0.05, 0.1) is 12.7 Å². The molecule has 310 valence electrons. The van der Waals surface area contributed by atoms with Crippen molar-refractivity contribution in [1.82, 2.24) is 20.2 Å². The van der Waals surface area contributed by atoms with Crippen LogP contribution in [0, 0.1) is 11.8 Å². The summed E-state index contributed by atoms with van der Waals surface area (Å²) in [5, 5.41) is 5.64. The quantitative estimate of drug-likeness (QED) is 0.0699. The molecule has 10 heteroatoms. The standard InChI is InChI=1S/C39H70N4O6.2C2H6/c1-5-6-7-8-9-10-11-12-13-14-15-16-17-18-19-20-21-22-23-25-35(44)40-26-24-27-41-37(45)33-29-43(39(47)42-38(33)46)36-28-32(31(2)3)34(49-36)30-48-4;2*1-2/h29,31-32,34,36H,5-28,30H2,1-4H3,(H,40,44)(H,41,45)(H,42,46,47);2*1-2H3. The fourth-order valence-electron chi connectivity index (χ4n) is 6.88. The number of carbonyl (C=O) groups is 2. The largest absolute Gasteiger partial charge is 0.382 e. The highest BCUT2D eigenvalue weighted by Crippen LogP contribution is 2.37. The Morgan fingerprint density at radius 3 is 1.72 bits per heavy atom. The third kappa shape index (κ3) is 23.2. The Hall–Kier alpha value is -2.46. The first-order valence-corrected chi connectivity index (χ1v) is 21.8. The molecule has 1 aromatic rings. The van der Waals surface area contributed by atoms with E-state index in [1.807, 2.05) is 27.7 Å². The molecule has 0 bridgehead atoms. The van der Waals surface area contributed by atoms with Crippen molar-refractivity contribution in [1.29, 1.82) is 0 Å². The molecule has 0 saturated carbocycles. The SMILES string of the molecule is CC.CC.CCCCCCCCCCCCCCCCCCCCCC(=O)NCCCNC(=O)c1cn(C2CC(C(C)C)C(COC)O2)c(=O)[nH]c1=O. The number of nitrogens with one attached hydrogen (secondary N) is 3. The van der Waals surface area contributed by atoms with Gasteiger partial charge in [0.25, 0.3) is 11.5 Å². The molecule has 3 N–H and O–H groups in total. The second kappa shape index (κ2) is 34.1. The number of methoxy groups -OCH3 is 1. The Kier molecular flexibility index (Phi) is 32.5. The second-order valence-corrected chi connectivity index (χ2v) is 14.5. The van der Waals surface area contributed by atoms with E-state index in [9.17, 15) is 19.2 Å². The van der Waals surface area contributed by atoms with Gasteiger partial charge in [0.15, 0.2) is 0 Å². The van der Waals surface area contributed by atoms with Gasteiger partial charge < -0.3 is 20.1 Å². The van der Waals surface area contributed by atoms with Crippen molar-refractivity contribution in [3.63, 3.8) is 0 Å². The summed E-state index contributed by atoms with van der Waals surface area (Å²) in [6, 6.07) is 0. The van der Waals surface area contributed by atoms with Crippen molar-refractivity contribution in [2.45, 2.75) is 202 Å². The van der Waals surface area contributed by atoms with Gasteiger partial charge in [0, 0.05) is 32.8 Å². The Balaban J connectivity index is 0.00000652. The van der Waals surface area contributed by atoms with Gasteiger partial charge in [-0.05, 0) is 31.1 Å². The Labute approximate surface area is 323 Å². The van der Waals surface area contributed by atoms with E-state index in [4.69, 9.17) is 9.47 Å². The van der Waals surface area contributed by atoms with Crippen LogP contribution in [0.3, 0.4) is 0 Å². The number of hydrogen-bond donors (Lipinski definition) is 3. The number of hydrogen-bond acceptors (Lipinski definition) is 6. The van der Waals surface area contributed by atoms with E-state index in [1.165, 1.54) is 120 Å². The van der Waals surface area contributed by atoms with Gasteiger partial charge in [-0.25, -0.2) is 4.79 Å². The van der Waals surface area contributed by atoms with Crippen molar-refractivity contribution in [3.8, 4) is 0 Å². The number of aromatic amines is 1. The summed E-state index contributed by atoms with van der Waals surface area (Å²) in [6.07, 6.45) is 27.4. The van der Waals surface area contributed by atoms with Crippen LogP contribution in [0.15, 0.2) is 15.8 Å². The Morgan fingerprint density at radius 2 is 1.25 bits per heavy atom. The van der Waals surface area contributed by atoms with Crippen LogP contribution in [0.2, 0.25) is 0 Å². The van der Waals surface area contributed by atoms with Crippen LogP contribution in [0.4, 0.5) is 0 Å². The van der Waals surface area contributed by atoms with E-state index in [0.29, 0.717) is 44.9 Å². The second-order valence-electron chi connectivity index (χ2n) is 14.5. The van der Waals surface area contributed by atoms with Gasteiger partial charge >= 0.3 is 5.69 Å². The Morgan fingerprint density at radius 1 is 0.774 bits per heavy atom. The normalized spacial score (nSPS) is 16.4. The number of unbranched alkanes of at least 4 members (excludes halogenated alkanes) is 18. The number of amides is 2. The van der Waals surface area contributed by atoms with Gasteiger partial charge in [0.2, 0.25) is 5.91 Å². The van der Waals surface area contributed by atoms with Crippen molar-refractivity contribution < 1.29 is 19.1 Å². The minimum Gasteiger partial charge on any atom is -0.382 e. The molecule has 2 heterocycles. The number of aromatic nitrogens is 2. The first-order chi connectivity index (χ1) is 25.8. The lowest BCUT2D eigenvalue weighted by Gasteiger charge is -2.20. The lowest BCUT2D eigenvalue weighted by atomic mass is 9.89. The van der Waals surface area contributed by atoms with Crippen LogP contribution in [0.25, 0.3) is 0 Å². The zero-order chi connectivity index (χ0) is 39.7. The minimum atomic E-state index is -0.738. The first-order valence-electron chi connectivity index (χ1n) is 21.8. The average Bonchev–Trinajstić information content (AvgIpc) is 3.58. The zero-order valence-corrected chi connectivity index (χ0v) is 35.5. The number of H-pyrrole nitrogens is 1. The molecule has 1 aromatic heterocycles. The minimum absolute atomic E-state index is 0.0323. The van der Waals surface area contributed by atoms with Gasteiger partial charge in [0.1, 0.15) is 11.8 Å². The molecule has 2 amide bonds. The topological polar surface area (TPSA) is 132 Å². The molecule has 2 rings (SSSR count). The molecule has 0 spiro atoms. The summed E-state index contributed by atoms with van der Waals surface area (Å²) < 4.78 is 12.7. The molecule has 53 heavy (non-hydrogen) atoms. The number of nitrogens with zero attached hydrogens (tertiary/aromatic N) is 1. The maximum Gasteiger partial charge on any atom is 0.330 e. The molecule has 0 radical (unpaired) electrons. The zero-order valence-electron chi connectivity index (χ0n) is 35.5. The van der Waals surface area contributed by atoms with Crippen LogP contribution < -0.4 is 21.9 Å². The maximum atomic E-state index is 12.8. The first kappa shape index (κ1) is 50.5. The maximum absolute atomic E-state index is 12.8. The fourth-order valence-corrected chi connectivity index (χ4v) is 6.88. The summed E-state index contributed by atoms with van der Waals surface area (Å²) >= 11 is 0. The van der Waals surface area contributed by atoms with E-state index in [0.717, 1.165) is 12.8 Å². The van der Waals surface area contributed by atoms with E-state index >= 15 is 0 Å². The van der Waals surface area contributed by atoms with Crippen LogP contribution in [-0.4, -0.2) is 54.3 Å². The molecule has 1 aliphatic heterocycles. The molecule has 1 fully saturated rings. The van der Waals surface area contributed by atoms with E-state index < -0.39 is 23.4 Å². The smallest absolute Gasteiger partial charge is 0.330 e. The molecule has 0 aliphatic carbocycles. The van der Waals surface area contributed by atoms with Gasteiger partial charge in [-0.3, -0.25) is 23.9 Å². The highest BCUT2D eigenvalue weighted by molar-refractivity contribution is 5.93. The van der Waals surface area contributed by atoms with Crippen molar-refractivity contribution in [3.05, 3.63) is 32.6 Å². The summed E-state index contributed by atoms with van der Waals surface area (Å²) in [4.78, 5) is 52.3. The van der Waals surface area contributed by atoms with Crippen LogP contribution in [0.5, 0.6) is 0 Å². The lowest BCUT2D eigenvalue weighted by Crippen LogP contribution is -2.39.